The van der Waals surface area contributed by atoms with E-state index in [4.69, 9.17) is 0 Å². The van der Waals surface area contributed by atoms with Crippen LogP contribution in [0.2, 0.25) is 0 Å². The van der Waals surface area contributed by atoms with E-state index in [0.717, 1.165) is 11.3 Å². The number of fused-ring (bicyclic) bond motifs is 5. The number of carbonyl (C=O) groups is 3. The Bertz CT molecular complexity index is 754. The maximum atomic E-state index is 12.6. The van der Waals surface area contributed by atoms with Gasteiger partial charge in [0, 0.05) is 26.2 Å². The fourth-order valence-electron chi connectivity index (χ4n) is 4.75. The second-order valence-corrected chi connectivity index (χ2v) is 9.70. The van der Waals surface area contributed by atoms with Gasteiger partial charge in [-0.2, -0.15) is 4.31 Å². The van der Waals surface area contributed by atoms with Crippen molar-refractivity contribution in [2.24, 2.45) is 23.7 Å². The number of sulfonamides is 1. The number of piperazine rings is 1. The Morgan fingerprint density at radius 1 is 1.04 bits per heavy atom. The Morgan fingerprint density at radius 2 is 1.58 bits per heavy atom. The fourth-order valence-corrected chi connectivity index (χ4v) is 5.84. The quantitative estimate of drug-likeness (QED) is 0.473. The summed E-state index contributed by atoms with van der Waals surface area (Å²) in [4.78, 5) is 40.5. The molecule has 0 aromatic carbocycles. The van der Waals surface area contributed by atoms with Crippen LogP contribution in [0.15, 0.2) is 12.2 Å². The number of nitrogens with zero attached hydrogens (tertiary/aromatic N) is 3. The minimum Gasteiger partial charge on any atom is -0.338 e. The highest BCUT2D eigenvalue weighted by atomic mass is 32.2. The first-order valence-electron chi connectivity index (χ1n) is 9.12. The molecule has 2 saturated heterocycles. The van der Waals surface area contributed by atoms with Crippen molar-refractivity contribution in [1.29, 1.82) is 0 Å². The predicted octanol–water partition coefficient (Wildman–Crippen LogP) is -0.713. The predicted molar refractivity (Wildman–Crippen MR) is 92.1 cm³/mol. The lowest BCUT2D eigenvalue weighted by Gasteiger charge is -2.34. The summed E-state index contributed by atoms with van der Waals surface area (Å²) < 4.78 is 25.2. The van der Waals surface area contributed by atoms with Crippen molar-refractivity contribution < 1.29 is 22.8 Å². The maximum absolute atomic E-state index is 12.6. The zero-order chi connectivity index (χ0) is 18.6. The highest BCUT2D eigenvalue weighted by Crippen LogP contribution is 2.52. The van der Waals surface area contributed by atoms with E-state index in [1.807, 2.05) is 12.2 Å². The minimum atomic E-state index is -3.26. The third-order valence-corrected chi connectivity index (χ3v) is 8.09. The van der Waals surface area contributed by atoms with E-state index in [9.17, 15) is 22.8 Å². The van der Waals surface area contributed by atoms with Crippen LogP contribution >= 0.6 is 0 Å². The number of imide groups is 1. The summed E-state index contributed by atoms with van der Waals surface area (Å²) in [6.07, 6.45) is 4.91. The molecule has 2 bridgehead atoms. The molecule has 8 nitrogen and oxygen atoms in total. The Balaban J connectivity index is 1.38. The fraction of sp³-hybridized carbons (Fsp3) is 0.706. The van der Waals surface area contributed by atoms with Crippen molar-refractivity contribution in [2.75, 3.05) is 38.5 Å². The minimum absolute atomic E-state index is 0.0386. The van der Waals surface area contributed by atoms with Crippen molar-refractivity contribution >= 4 is 27.7 Å². The van der Waals surface area contributed by atoms with E-state index in [2.05, 4.69) is 0 Å². The molecule has 0 radical (unpaired) electrons. The average Bonchev–Trinajstić information content (AvgIpc) is 3.31. The normalized spacial score (nSPS) is 34.0. The van der Waals surface area contributed by atoms with Crippen LogP contribution in [-0.2, 0) is 24.4 Å². The summed E-state index contributed by atoms with van der Waals surface area (Å²) in [5.74, 6) is -1.03. The van der Waals surface area contributed by atoms with Crippen LogP contribution in [0.3, 0.4) is 0 Å². The lowest BCUT2D eigenvalue weighted by Crippen LogP contribution is -2.53. The van der Waals surface area contributed by atoms with E-state index < -0.39 is 10.0 Å². The molecule has 4 atom stereocenters. The van der Waals surface area contributed by atoms with Gasteiger partial charge < -0.3 is 4.90 Å². The van der Waals surface area contributed by atoms with Gasteiger partial charge in [-0.05, 0) is 25.2 Å². The summed E-state index contributed by atoms with van der Waals surface area (Å²) in [5, 5.41) is 0. The lowest BCUT2D eigenvalue weighted by molar-refractivity contribution is -0.147. The zero-order valence-electron chi connectivity index (χ0n) is 14.7. The van der Waals surface area contributed by atoms with Gasteiger partial charge in [0.15, 0.2) is 0 Å². The number of rotatable bonds is 4. The van der Waals surface area contributed by atoms with Crippen molar-refractivity contribution in [3.05, 3.63) is 12.2 Å². The van der Waals surface area contributed by atoms with Crippen LogP contribution in [0.5, 0.6) is 0 Å². The molecule has 3 fully saturated rings. The summed E-state index contributed by atoms with van der Waals surface area (Å²) in [5.41, 5.74) is 0. The Hall–Kier alpha value is -1.74. The van der Waals surface area contributed by atoms with Gasteiger partial charge in [-0.1, -0.05) is 12.2 Å². The molecule has 0 aromatic heterocycles. The van der Waals surface area contributed by atoms with Crippen molar-refractivity contribution in [2.45, 2.75) is 13.3 Å². The number of allylic oxidation sites excluding steroid dienone is 2. The van der Waals surface area contributed by atoms with Gasteiger partial charge in [0.05, 0.1) is 17.6 Å². The number of carbonyl (C=O) groups excluding carboxylic acids is 3. The highest BCUT2D eigenvalue weighted by Gasteiger charge is 2.59. The molecular formula is C17H23N3O5S. The summed E-state index contributed by atoms with van der Waals surface area (Å²) in [7, 11) is -3.26. The van der Waals surface area contributed by atoms with Gasteiger partial charge in [-0.25, -0.2) is 8.42 Å². The second-order valence-electron chi connectivity index (χ2n) is 7.44. The van der Waals surface area contributed by atoms with Crippen LogP contribution in [0.4, 0.5) is 0 Å². The first kappa shape index (κ1) is 17.7. The molecule has 9 heteroatoms. The Kier molecular flexibility index (Phi) is 4.18. The monoisotopic (exact) mass is 381 g/mol. The van der Waals surface area contributed by atoms with Crippen LogP contribution in [-0.4, -0.2) is 78.7 Å². The topological polar surface area (TPSA) is 95.1 Å². The van der Waals surface area contributed by atoms with Gasteiger partial charge >= 0.3 is 0 Å². The molecular weight excluding hydrogens is 358 g/mol. The van der Waals surface area contributed by atoms with Gasteiger partial charge in [-0.3, -0.25) is 19.3 Å². The first-order chi connectivity index (χ1) is 12.3. The standard InChI is InChI=1S/C17H23N3O5S/c1-2-26(24,25)19-7-5-18(6-8-19)13(21)10-20-16(22)14-11-3-4-12(9-11)15(14)17(20)23/h3-4,11-12,14-15H,2,5-10H2,1H3. The molecule has 26 heavy (non-hydrogen) atoms. The van der Waals surface area contributed by atoms with Crippen molar-refractivity contribution in [1.82, 2.24) is 14.1 Å². The third-order valence-electron chi connectivity index (χ3n) is 6.20. The Labute approximate surface area is 152 Å². The molecule has 4 unspecified atom stereocenters. The van der Waals surface area contributed by atoms with E-state index in [1.165, 1.54) is 4.31 Å². The van der Waals surface area contributed by atoms with E-state index >= 15 is 0 Å². The average molecular weight is 381 g/mol. The largest absolute Gasteiger partial charge is 0.338 e. The number of likely N-dealkylation sites (tertiary alicyclic amines) is 1. The van der Waals surface area contributed by atoms with Crippen LogP contribution < -0.4 is 0 Å². The number of hydrogen-bond acceptors (Lipinski definition) is 5. The molecule has 2 aliphatic heterocycles. The molecule has 4 aliphatic rings. The molecule has 142 valence electrons. The third kappa shape index (κ3) is 2.60. The highest BCUT2D eigenvalue weighted by molar-refractivity contribution is 7.89. The SMILES string of the molecule is CCS(=O)(=O)N1CCN(C(=O)CN2C(=O)C3C4C=CC(C4)C3C2=O)CC1. The summed E-state index contributed by atoms with van der Waals surface area (Å²) >= 11 is 0. The van der Waals surface area contributed by atoms with Crippen LogP contribution in [0, 0.1) is 23.7 Å². The van der Waals surface area contributed by atoms with Crippen LogP contribution in [0.1, 0.15) is 13.3 Å². The molecule has 4 rings (SSSR count). The maximum Gasteiger partial charge on any atom is 0.242 e. The van der Waals surface area contributed by atoms with E-state index in [-0.39, 0.29) is 79.9 Å². The van der Waals surface area contributed by atoms with Gasteiger partial charge in [-0.15, -0.1) is 0 Å². The van der Waals surface area contributed by atoms with E-state index in [1.54, 1.807) is 11.8 Å². The zero-order valence-corrected chi connectivity index (χ0v) is 15.5. The van der Waals surface area contributed by atoms with Gasteiger partial charge in [0.25, 0.3) is 0 Å². The van der Waals surface area contributed by atoms with Crippen molar-refractivity contribution in [3.63, 3.8) is 0 Å². The lowest BCUT2D eigenvalue weighted by atomic mass is 9.85. The van der Waals surface area contributed by atoms with Crippen molar-refractivity contribution in [3.8, 4) is 0 Å². The molecule has 2 heterocycles. The second kappa shape index (κ2) is 6.16. The number of hydrogen-bond donors (Lipinski definition) is 0. The summed E-state index contributed by atoms with van der Waals surface area (Å²) in [6, 6.07) is 0. The summed E-state index contributed by atoms with van der Waals surface area (Å²) in [6.45, 7) is 2.44. The molecule has 1 saturated carbocycles. The molecule has 3 amide bonds. The molecule has 0 aromatic rings. The Morgan fingerprint density at radius 3 is 2.08 bits per heavy atom. The van der Waals surface area contributed by atoms with Crippen LogP contribution in [0.25, 0.3) is 0 Å². The van der Waals surface area contributed by atoms with Gasteiger partial charge in [0.2, 0.25) is 27.7 Å². The van der Waals surface area contributed by atoms with Gasteiger partial charge in [0.1, 0.15) is 6.54 Å². The first-order valence-corrected chi connectivity index (χ1v) is 10.7. The number of amides is 3. The molecule has 0 N–H and O–H groups in total. The molecule has 2 aliphatic carbocycles. The smallest absolute Gasteiger partial charge is 0.242 e. The van der Waals surface area contributed by atoms with E-state index in [0.29, 0.717) is 0 Å². The molecule has 0 spiro atoms.